The molecule has 0 amide bonds. The Hall–Kier alpha value is -2.35. The van der Waals surface area contributed by atoms with Crippen LogP contribution < -0.4 is 0 Å². The first-order valence-corrected chi connectivity index (χ1v) is 6.75. The summed E-state index contributed by atoms with van der Waals surface area (Å²) < 4.78 is 0. The Morgan fingerprint density at radius 2 is 2.00 bits per heavy atom. The van der Waals surface area contributed by atoms with Crippen molar-refractivity contribution in [3.05, 3.63) is 65.3 Å². The van der Waals surface area contributed by atoms with Crippen LogP contribution in [0.25, 0.3) is 16.3 Å². The molecule has 0 N–H and O–H groups in total. The van der Waals surface area contributed by atoms with Crippen LogP contribution in [0, 0.1) is 0 Å². The van der Waals surface area contributed by atoms with E-state index < -0.39 is 0 Å². The van der Waals surface area contributed by atoms with Gasteiger partial charge in [0.25, 0.3) is 0 Å². The molecule has 0 atom stereocenters. The van der Waals surface area contributed by atoms with Crippen LogP contribution in [0.1, 0.15) is 24.5 Å². The lowest BCUT2D eigenvalue weighted by Gasteiger charge is -2.10. The van der Waals surface area contributed by atoms with Gasteiger partial charge in [0.15, 0.2) is 0 Å². The zero-order valence-corrected chi connectivity index (χ0v) is 11.8. The summed E-state index contributed by atoms with van der Waals surface area (Å²) in [7, 11) is 1.57. The Balaban J connectivity index is 2.21. The zero-order chi connectivity index (χ0) is 13.9. The van der Waals surface area contributed by atoms with Crippen molar-refractivity contribution in [3.8, 4) is 0 Å². The molecule has 0 aromatic heterocycles. The average Bonchev–Trinajstić information content (AvgIpc) is 2.91. The van der Waals surface area contributed by atoms with Gasteiger partial charge in [0.1, 0.15) is 7.11 Å². The summed E-state index contributed by atoms with van der Waals surface area (Å²) >= 11 is 0. The molecule has 2 heteroatoms. The molecule has 0 fully saturated rings. The molecule has 0 saturated carbocycles. The van der Waals surface area contributed by atoms with Crippen molar-refractivity contribution in [1.29, 1.82) is 0 Å². The third kappa shape index (κ3) is 2.25. The van der Waals surface area contributed by atoms with E-state index in [0.29, 0.717) is 0 Å². The molecule has 0 radical (unpaired) electrons. The predicted octanol–water partition coefficient (Wildman–Crippen LogP) is 4.55. The van der Waals surface area contributed by atoms with E-state index in [9.17, 15) is 0 Å². The van der Waals surface area contributed by atoms with Crippen LogP contribution in [-0.2, 0) is 4.84 Å². The average molecular weight is 263 g/mol. The number of hydrogen-bond acceptors (Lipinski definition) is 2. The topological polar surface area (TPSA) is 21.6 Å². The van der Waals surface area contributed by atoms with Gasteiger partial charge in [0, 0.05) is 5.56 Å². The third-order valence-electron chi connectivity index (χ3n) is 3.65. The molecule has 0 unspecified atom stereocenters. The molecule has 1 aliphatic rings. The van der Waals surface area contributed by atoms with E-state index in [1.165, 1.54) is 27.5 Å². The SMILES string of the molecule is CON=Cc1c(C2=CC(C)=CC2)ccc2ccccc12. The molecule has 20 heavy (non-hydrogen) atoms. The van der Waals surface area contributed by atoms with Gasteiger partial charge in [-0.05, 0) is 35.3 Å². The van der Waals surface area contributed by atoms with E-state index in [1.54, 1.807) is 7.11 Å². The number of hydrogen-bond donors (Lipinski definition) is 0. The second-order valence-electron chi connectivity index (χ2n) is 4.99. The second kappa shape index (κ2) is 5.33. The first-order valence-electron chi connectivity index (χ1n) is 6.75. The standard InChI is InChI=1S/C18H17NO/c1-13-7-8-15(11-13)17-10-9-14-5-3-4-6-16(14)18(17)12-19-20-2/h3-7,9-12H,8H2,1-2H3. The van der Waals surface area contributed by atoms with Crippen LogP contribution in [0.4, 0.5) is 0 Å². The van der Waals surface area contributed by atoms with Gasteiger partial charge in [-0.15, -0.1) is 0 Å². The summed E-state index contributed by atoms with van der Waals surface area (Å²) in [5.41, 5.74) is 5.02. The lowest BCUT2D eigenvalue weighted by Crippen LogP contribution is -1.94. The van der Waals surface area contributed by atoms with Crippen LogP contribution >= 0.6 is 0 Å². The van der Waals surface area contributed by atoms with E-state index in [4.69, 9.17) is 4.84 Å². The molecule has 2 nitrogen and oxygen atoms in total. The molecule has 0 aliphatic heterocycles. The maximum Gasteiger partial charge on any atom is 0.106 e. The van der Waals surface area contributed by atoms with Crippen LogP contribution in [0.3, 0.4) is 0 Å². The normalized spacial score (nSPS) is 14.7. The fourth-order valence-corrected chi connectivity index (χ4v) is 2.67. The first kappa shape index (κ1) is 12.7. The van der Waals surface area contributed by atoms with Gasteiger partial charge in [-0.1, -0.05) is 59.3 Å². The van der Waals surface area contributed by atoms with E-state index >= 15 is 0 Å². The molecule has 2 aromatic carbocycles. The monoisotopic (exact) mass is 263 g/mol. The molecule has 0 bridgehead atoms. The van der Waals surface area contributed by atoms with Crippen molar-refractivity contribution in [3.63, 3.8) is 0 Å². The van der Waals surface area contributed by atoms with Gasteiger partial charge in [0.05, 0.1) is 6.21 Å². The Morgan fingerprint density at radius 3 is 2.75 bits per heavy atom. The molecule has 0 heterocycles. The minimum absolute atomic E-state index is 0.984. The van der Waals surface area contributed by atoms with Crippen LogP contribution in [0.5, 0.6) is 0 Å². The maximum absolute atomic E-state index is 4.87. The van der Waals surface area contributed by atoms with E-state index in [1.807, 2.05) is 6.21 Å². The molecule has 2 aromatic rings. The van der Waals surface area contributed by atoms with Crippen molar-refractivity contribution >= 4 is 22.6 Å². The van der Waals surface area contributed by atoms with Crippen molar-refractivity contribution in [2.24, 2.45) is 5.16 Å². The highest BCUT2D eigenvalue weighted by Gasteiger charge is 2.12. The minimum Gasteiger partial charge on any atom is -0.399 e. The molecule has 100 valence electrons. The fourth-order valence-electron chi connectivity index (χ4n) is 2.67. The van der Waals surface area contributed by atoms with E-state index in [2.05, 4.69) is 60.6 Å². The third-order valence-corrected chi connectivity index (χ3v) is 3.65. The van der Waals surface area contributed by atoms with E-state index in [-0.39, 0.29) is 0 Å². The highest BCUT2D eigenvalue weighted by atomic mass is 16.6. The zero-order valence-electron chi connectivity index (χ0n) is 11.8. The lowest BCUT2D eigenvalue weighted by atomic mass is 9.94. The summed E-state index contributed by atoms with van der Waals surface area (Å²) in [5, 5.41) is 6.40. The molecular formula is C18H17NO. The quantitative estimate of drug-likeness (QED) is 0.588. The Bertz CT molecular complexity index is 738. The fraction of sp³-hybridized carbons (Fsp3) is 0.167. The second-order valence-corrected chi connectivity index (χ2v) is 4.99. The van der Waals surface area contributed by atoms with E-state index in [0.717, 1.165) is 12.0 Å². The highest BCUT2D eigenvalue weighted by Crippen LogP contribution is 2.32. The molecule has 0 saturated heterocycles. The number of fused-ring (bicyclic) bond motifs is 1. The molecule has 0 spiro atoms. The lowest BCUT2D eigenvalue weighted by molar-refractivity contribution is 0.215. The van der Waals surface area contributed by atoms with Crippen molar-refractivity contribution in [2.45, 2.75) is 13.3 Å². The number of nitrogens with zero attached hydrogens (tertiary/aromatic N) is 1. The van der Waals surface area contributed by atoms with Gasteiger partial charge in [-0.25, -0.2) is 0 Å². The minimum atomic E-state index is 0.984. The number of oxime groups is 1. The summed E-state index contributed by atoms with van der Waals surface area (Å²) in [6.45, 7) is 2.14. The van der Waals surface area contributed by atoms with Crippen LogP contribution in [0.2, 0.25) is 0 Å². The Kier molecular flexibility index (Phi) is 3.38. The molecular weight excluding hydrogens is 246 g/mol. The van der Waals surface area contributed by atoms with Crippen LogP contribution in [0.15, 0.2) is 59.3 Å². The van der Waals surface area contributed by atoms with Gasteiger partial charge in [-0.3, -0.25) is 0 Å². The number of allylic oxidation sites excluding steroid dienone is 4. The van der Waals surface area contributed by atoms with Gasteiger partial charge < -0.3 is 4.84 Å². The number of benzene rings is 2. The van der Waals surface area contributed by atoms with Gasteiger partial charge in [0.2, 0.25) is 0 Å². The molecule has 1 aliphatic carbocycles. The van der Waals surface area contributed by atoms with Crippen molar-refractivity contribution in [2.75, 3.05) is 7.11 Å². The Morgan fingerprint density at radius 1 is 1.15 bits per heavy atom. The van der Waals surface area contributed by atoms with Crippen molar-refractivity contribution in [1.82, 2.24) is 0 Å². The maximum atomic E-state index is 4.87. The Labute approximate surface area is 119 Å². The van der Waals surface area contributed by atoms with Gasteiger partial charge in [-0.2, -0.15) is 0 Å². The van der Waals surface area contributed by atoms with Crippen LogP contribution in [-0.4, -0.2) is 13.3 Å². The molecule has 3 rings (SSSR count). The summed E-state index contributed by atoms with van der Waals surface area (Å²) in [6, 6.07) is 12.7. The smallest absolute Gasteiger partial charge is 0.106 e. The summed E-state index contributed by atoms with van der Waals surface area (Å²) in [5.74, 6) is 0. The highest BCUT2D eigenvalue weighted by molar-refractivity contribution is 6.04. The summed E-state index contributed by atoms with van der Waals surface area (Å²) in [4.78, 5) is 4.87. The predicted molar refractivity (Wildman–Crippen MR) is 84.9 cm³/mol. The number of rotatable bonds is 3. The largest absolute Gasteiger partial charge is 0.399 e. The first-order chi connectivity index (χ1) is 9.79. The summed E-state index contributed by atoms with van der Waals surface area (Å²) in [6.07, 6.45) is 7.29. The van der Waals surface area contributed by atoms with Gasteiger partial charge >= 0.3 is 0 Å². The van der Waals surface area contributed by atoms with Crippen molar-refractivity contribution < 1.29 is 4.84 Å².